The van der Waals surface area contributed by atoms with Crippen LogP contribution in [0.1, 0.15) is 0 Å². The summed E-state index contributed by atoms with van der Waals surface area (Å²) in [6.45, 7) is 0. The van der Waals surface area contributed by atoms with E-state index < -0.39 is 29.3 Å². The minimum Gasteiger partial charge on any atom is -0.423 e. The van der Waals surface area contributed by atoms with Gasteiger partial charge in [-0.1, -0.05) is 12.1 Å². The lowest BCUT2D eigenvalue weighted by molar-refractivity contribution is -0.274. The van der Waals surface area contributed by atoms with Gasteiger partial charge in [-0.2, -0.15) is 0 Å². The SMILES string of the molecule is O=S(=O)(Nc1cccc(B(O)O)c1)c1ccc(OC(F)(F)F)cc1. The van der Waals surface area contributed by atoms with Gasteiger partial charge in [0.1, 0.15) is 5.75 Å². The molecule has 0 fully saturated rings. The van der Waals surface area contributed by atoms with E-state index in [2.05, 4.69) is 9.46 Å². The second kappa shape index (κ2) is 6.71. The summed E-state index contributed by atoms with van der Waals surface area (Å²) in [5, 5.41) is 18.1. The van der Waals surface area contributed by atoms with Gasteiger partial charge in [-0.25, -0.2) is 8.42 Å². The molecule has 11 heteroatoms. The normalized spacial score (nSPS) is 11.9. The maximum absolute atomic E-state index is 12.2. The van der Waals surface area contributed by atoms with Crippen molar-refractivity contribution in [2.24, 2.45) is 0 Å². The third kappa shape index (κ3) is 4.88. The van der Waals surface area contributed by atoms with Gasteiger partial charge in [0.05, 0.1) is 4.90 Å². The Labute approximate surface area is 135 Å². The molecular formula is C13H11BF3NO5S. The van der Waals surface area contributed by atoms with Crippen molar-refractivity contribution >= 4 is 28.3 Å². The predicted octanol–water partition coefficient (Wildman–Crippen LogP) is 1.07. The van der Waals surface area contributed by atoms with Gasteiger partial charge in [-0.3, -0.25) is 4.72 Å². The summed E-state index contributed by atoms with van der Waals surface area (Å²) in [5.41, 5.74) is 0.139. The molecule has 0 unspecified atom stereocenters. The molecule has 0 amide bonds. The summed E-state index contributed by atoms with van der Waals surface area (Å²) >= 11 is 0. The monoisotopic (exact) mass is 361 g/mol. The van der Waals surface area contributed by atoms with E-state index in [-0.39, 0.29) is 16.0 Å². The van der Waals surface area contributed by atoms with Gasteiger partial charge >= 0.3 is 13.5 Å². The van der Waals surface area contributed by atoms with E-state index in [1.165, 1.54) is 24.3 Å². The highest BCUT2D eigenvalue weighted by atomic mass is 32.2. The lowest BCUT2D eigenvalue weighted by Crippen LogP contribution is -2.30. The van der Waals surface area contributed by atoms with Crippen LogP contribution in [0, 0.1) is 0 Å². The Kier molecular flexibility index (Phi) is 5.06. The minimum atomic E-state index is -4.87. The molecule has 2 aromatic rings. The summed E-state index contributed by atoms with van der Waals surface area (Å²) in [6, 6.07) is 9.03. The zero-order valence-electron chi connectivity index (χ0n) is 11.9. The molecule has 128 valence electrons. The van der Waals surface area contributed by atoms with E-state index >= 15 is 0 Å². The average Bonchev–Trinajstić information content (AvgIpc) is 2.46. The standard InChI is InChI=1S/C13H11BF3NO5S/c15-13(16,17)23-11-4-6-12(7-5-11)24(21,22)18-10-3-1-2-9(8-10)14(19)20/h1-8,18-20H. The highest BCUT2D eigenvalue weighted by molar-refractivity contribution is 7.92. The molecule has 0 aromatic heterocycles. The first-order valence-corrected chi connectivity index (χ1v) is 7.90. The van der Waals surface area contributed by atoms with E-state index in [4.69, 9.17) is 10.0 Å². The van der Waals surface area contributed by atoms with Crippen LogP contribution in [0.4, 0.5) is 18.9 Å². The first-order valence-electron chi connectivity index (χ1n) is 6.41. The van der Waals surface area contributed by atoms with Crippen LogP contribution in [-0.4, -0.2) is 31.9 Å². The maximum atomic E-state index is 12.2. The lowest BCUT2D eigenvalue weighted by atomic mass is 9.80. The molecule has 2 aromatic carbocycles. The van der Waals surface area contributed by atoms with Crippen LogP contribution in [-0.2, 0) is 10.0 Å². The molecule has 0 atom stereocenters. The first kappa shape index (κ1) is 18.1. The van der Waals surface area contributed by atoms with Crippen molar-refractivity contribution in [1.82, 2.24) is 0 Å². The van der Waals surface area contributed by atoms with Crippen molar-refractivity contribution in [2.75, 3.05) is 4.72 Å². The molecule has 2 rings (SSSR count). The average molecular weight is 361 g/mol. The van der Waals surface area contributed by atoms with Crippen molar-refractivity contribution in [1.29, 1.82) is 0 Å². The van der Waals surface area contributed by atoms with Crippen molar-refractivity contribution in [3.8, 4) is 5.75 Å². The Balaban J connectivity index is 2.20. The number of benzene rings is 2. The molecule has 24 heavy (non-hydrogen) atoms. The summed E-state index contributed by atoms with van der Waals surface area (Å²) in [6.07, 6.45) is -4.87. The van der Waals surface area contributed by atoms with Crippen LogP contribution in [0.25, 0.3) is 0 Å². The fourth-order valence-corrected chi connectivity index (χ4v) is 2.85. The molecule has 0 aliphatic carbocycles. The Morgan fingerprint density at radius 2 is 1.67 bits per heavy atom. The fraction of sp³-hybridized carbons (Fsp3) is 0.0769. The number of sulfonamides is 1. The second-order valence-corrected chi connectivity index (χ2v) is 6.31. The van der Waals surface area contributed by atoms with E-state index in [9.17, 15) is 21.6 Å². The molecule has 0 spiro atoms. The molecule has 0 bridgehead atoms. The zero-order valence-corrected chi connectivity index (χ0v) is 12.7. The lowest BCUT2D eigenvalue weighted by Gasteiger charge is -2.11. The summed E-state index contributed by atoms with van der Waals surface area (Å²) in [7, 11) is -5.84. The van der Waals surface area contributed by atoms with Gasteiger partial charge in [0, 0.05) is 5.69 Å². The molecule has 0 radical (unpaired) electrons. The van der Waals surface area contributed by atoms with Crippen molar-refractivity contribution in [3.63, 3.8) is 0 Å². The molecule has 3 N–H and O–H groups in total. The second-order valence-electron chi connectivity index (χ2n) is 4.62. The van der Waals surface area contributed by atoms with Gasteiger partial charge in [0.2, 0.25) is 0 Å². The highest BCUT2D eigenvalue weighted by Gasteiger charge is 2.31. The Hall–Kier alpha value is -2.24. The molecule has 6 nitrogen and oxygen atoms in total. The number of halogens is 3. The van der Waals surface area contributed by atoms with E-state index in [0.717, 1.165) is 24.3 Å². The predicted molar refractivity (Wildman–Crippen MR) is 80.2 cm³/mol. The zero-order chi connectivity index (χ0) is 18.0. The third-order valence-electron chi connectivity index (χ3n) is 2.80. The largest absolute Gasteiger partial charge is 0.573 e. The quantitative estimate of drug-likeness (QED) is 0.693. The minimum absolute atomic E-state index is 0.0659. The summed E-state index contributed by atoms with van der Waals surface area (Å²) < 4.78 is 66.4. The summed E-state index contributed by atoms with van der Waals surface area (Å²) in [4.78, 5) is -0.285. The summed E-state index contributed by atoms with van der Waals surface area (Å²) in [5.74, 6) is -0.549. The number of hydrogen-bond acceptors (Lipinski definition) is 5. The van der Waals surface area contributed by atoms with Crippen molar-refractivity contribution < 1.29 is 36.4 Å². The molecular weight excluding hydrogens is 350 g/mol. The van der Waals surface area contributed by atoms with E-state index in [1.54, 1.807) is 0 Å². The smallest absolute Gasteiger partial charge is 0.423 e. The van der Waals surface area contributed by atoms with Crippen molar-refractivity contribution in [2.45, 2.75) is 11.3 Å². The fourth-order valence-electron chi connectivity index (χ4n) is 1.80. The number of nitrogens with one attached hydrogen (secondary N) is 1. The van der Waals surface area contributed by atoms with Crippen molar-refractivity contribution in [3.05, 3.63) is 48.5 Å². The number of alkyl halides is 3. The van der Waals surface area contributed by atoms with E-state index in [0.29, 0.717) is 0 Å². The van der Waals surface area contributed by atoms with E-state index in [1.807, 2.05) is 0 Å². The van der Waals surface area contributed by atoms with Gasteiger partial charge < -0.3 is 14.8 Å². The highest BCUT2D eigenvalue weighted by Crippen LogP contribution is 2.24. The maximum Gasteiger partial charge on any atom is 0.573 e. The third-order valence-corrected chi connectivity index (χ3v) is 4.20. The molecule has 0 saturated heterocycles. The first-order chi connectivity index (χ1) is 11.1. The van der Waals surface area contributed by atoms with Crippen LogP contribution >= 0.6 is 0 Å². The van der Waals surface area contributed by atoms with Crippen LogP contribution < -0.4 is 14.9 Å². The van der Waals surface area contributed by atoms with Gasteiger partial charge in [0.25, 0.3) is 10.0 Å². The molecule has 0 saturated carbocycles. The molecule has 0 heterocycles. The van der Waals surface area contributed by atoms with Gasteiger partial charge in [-0.05, 0) is 41.9 Å². The molecule has 0 aliphatic heterocycles. The van der Waals surface area contributed by atoms with Crippen LogP contribution in [0.5, 0.6) is 5.75 Å². The molecule has 0 aliphatic rings. The topological polar surface area (TPSA) is 95.9 Å². The van der Waals surface area contributed by atoms with Gasteiger partial charge in [0.15, 0.2) is 0 Å². The number of ether oxygens (including phenoxy) is 1. The van der Waals surface area contributed by atoms with Crippen LogP contribution in [0.15, 0.2) is 53.4 Å². The van der Waals surface area contributed by atoms with Gasteiger partial charge in [-0.15, -0.1) is 13.2 Å². The Bertz CT molecular complexity index is 809. The number of rotatable bonds is 5. The number of anilines is 1. The van der Waals surface area contributed by atoms with Crippen LogP contribution in [0.3, 0.4) is 0 Å². The van der Waals surface area contributed by atoms with Crippen LogP contribution in [0.2, 0.25) is 0 Å². The number of hydrogen-bond donors (Lipinski definition) is 3. The Morgan fingerprint density at radius 1 is 1.04 bits per heavy atom. The Morgan fingerprint density at radius 3 is 2.21 bits per heavy atom.